The van der Waals surface area contributed by atoms with E-state index in [0.717, 1.165) is 52.7 Å². The first-order chi connectivity index (χ1) is 17.2. The molecule has 3 heterocycles. The third-order valence-corrected chi connectivity index (χ3v) is 7.14. The number of fused-ring (bicyclic) bond motifs is 1. The van der Waals surface area contributed by atoms with E-state index in [1.807, 2.05) is 54.7 Å². The van der Waals surface area contributed by atoms with Gasteiger partial charge in [0.05, 0.1) is 37.0 Å². The summed E-state index contributed by atoms with van der Waals surface area (Å²) in [6.07, 6.45) is 5.82. The van der Waals surface area contributed by atoms with Crippen molar-refractivity contribution in [2.75, 3.05) is 20.3 Å². The highest BCUT2D eigenvalue weighted by Gasteiger charge is 2.17. The van der Waals surface area contributed by atoms with Crippen LogP contribution in [0.1, 0.15) is 34.3 Å². The van der Waals surface area contributed by atoms with E-state index < -0.39 is 0 Å². The number of nitrogens with one attached hydrogen (secondary N) is 1. The third kappa shape index (κ3) is 5.66. The van der Waals surface area contributed by atoms with Crippen LogP contribution in [-0.4, -0.2) is 46.8 Å². The number of hydrogen-bond acceptors (Lipinski definition) is 6. The monoisotopic (exact) mass is 488 g/mol. The Balaban J connectivity index is 1.30. The van der Waals surface area contributed by atoms with Crippen LogP contribution in [0.15, 0.2) is 72.1 Å². The first-order valence-corrected chi connectivity index (χ1v) is 12.7. The number of carbonyl (C=O) groups excluding carboxylic acids is 1. The third-order valence-electron chi connectivity index (χ3n) is 6.09. The van der Waals surface area contributed by atoms with E-state index in [1.165, 1.54) is 5.56 Å². The summed E-state index contributed by atoms with van der Waals surface area (Å²) in [5, 5.41) is 3.91. The van der Waals surface area contributed by atoms with Gasteiger partial charge in [0.15, 0.2) is 5.16 Å². The van der Waals surface area contributed by atoms with E-state index in [2.05, 4.69) is 20.9 Å². The van der Waals surface area contributed by atoms with Crippen LogP contribution in [0.3, 0.4) is 0 Å². The molecule has 4 aromatic rings. The fourth-order valence-electron chi connectivity index (χ4n) is 4.18. The van der Waals surface area contributed by atoms with Crippen LogP contribution >= 0.6 is 11.8 Å². The summed E-state index contributed by atoms with van der Waals surface area (Å²) in [5.41, 5.74) is 4.81. The van der Waals surface area contributed by atoms with E-state index >= 15 is 0 Å². The number of ether oxygens (including phenoxy) is 2. The molecule has 5 rings (SSSR count). The molecule has 0 spiro atoms. The number of nitrogens with zero attached hydrogens (tertiary/aromatic N) is 3. The van der Waals surface area contributed by atoms with Gasteiger partial charge in [-0.05, 0) is 54.3 Å². The Bertz CT molecular complexity index is 1300. The molecule has 35 heavy (non-hydrogen) atoms. The molecule has 180 valence electrons. The number of amides is 1. The van der Waals surface area contributed by atoms with E-state index in [4.69, 9.17) is 14.5 Å². The summed E-state index contributed by atoms with van der Waals surface area (Å²) in [7, 11) is 1.68. The Hall–Kier alpha value is -3.36. The van der Waals surface area contributed by atoms with Crippen molar-refractivity contribution in [3.8, 4) is 5.75 Å². The molecule has 1 unspecified atom stereocenters. The van der Waals surface area contributed by atoms with Crippen molar-refractivity contribution in [3.63, 3.8) is 0 Å². The molecule has 0 bridgehead atoms. The van der Waals surface area contributed by atoms with E-state index in [1.54, 1.807) is 25.1 Å². The van der Waals surface area contributed by atoms with Gasteiger partial charge in [0.1, 0.15) is 5.75 Å². The number of hydrogen-bond donors (Lipinski definition) is 1. The van der Waals surface area contributed by atoms with Crippen molar-refractivity contribution in [1.82, 2.24) is 19.9 Å². The fourth-order valence-corrected chi connectivity index (χ4v) is 5.14. The predicted octanol–water partition coefficient (Wildman–Crippen LogP) is 4.69. The molecule has 1 fully saturated rings. The first kappa shape index (κ1) is 23.4. The smallest absolute Gasteiger partial charge is 0.251 e. The van der Waals surface area contributed by atoms with E-state index in [-0.39, 0.29) is 12.0 Å². The second kappa shape index (κ2) is 10.9. The first-order valence-electron chi connectivity index (χ1n) is 11.7. The minimum atomic E-state index is -0.0705. The van der Waals surface area contributed by atoms with Gasteiger partial charge in [-0.25, -0.2) is 4.98 Å². The number of pyridine rings is 1. The molecule has 8 heteroatoms. The predicted molar refractivity (Wildman–Crippen MR) is 137 cm³/mol. The highest BCUT2D eigenvalue weighted by atomic mass is 32.2. The Morgan fingerprint density at radius 2 is 2.09 bits per heavy atom. The lowest BCUT2D eigenvalue weighted by molar-refractivity contribution is 0.0858. The number of methoxy groups -OCH3 is 1. The minimum Gasteiger partial charge on any atom is -0.497 e. The molecule has 1 saturated heterocycles. The van der Waals surface area contributed by atoms with Gasteiger partial charge in [-0.1, -0.05) is 36.0 Å². The molecular formula is C27H28N4O3S. The Morgan fingerprint density at radius 3 is 2.89 bits per heavy atom. The maximum absolute atomic E-state index is 12.5. The topological polar surface area (TPSA) is 78.3 Å². The van der Waals surface area contributed by atoms with Crippen LogP contribution in [0.2, 0.25) is 0 Å². The normalized spacial score (nSPS) is 15.4. The van der Waals surface area contributed by atoms with Gasteiger partial charge in [0, 0.05) is 30.7 Å². The van der Waals surface area contributed by atoms with Crippen LogP contribution in [0.25, 0.3) is 11.0 Å². The summed E-state index contributed by atoms with van der Waals surface area (Å²) in [6.45, 7) is 1.98. The summed E-state index contributed by atoms with van der Waals surface area (Å²) < 4.78 is 13.1. The van der Waals surface area contributed by atoms with Gasteiger partial charge in [0.25, 0.3) is 5.91 Å². The van der Waals surface area contributed by atoms with Crippen LogP contribution in [0.5, 0.6) is 5.75 Å². The SMILES string of the molecule is COc1cccc(CSc2nc3ccncc3n2Cc2ccc(C(=O)NCC3CCCO3)cc2)c1. The quantitative estimate of drug-likeness (QED) is 0.345. The zero-order valence-corrected chi connectivity index (χ0v) is 20.5. The summed E-state index contributed by atoms with van der Waals surface area (Å²) >= 11 is 1.68. The Kier molecular flexibility index (Phi) is 7.30. The zero-order valence-electron chi connectivity index (χ0n) is 19.6. The second-order valence-corrected chi connectivity index (χ2v) is 9.47. The number of aromatic nitrogens is 3. The van der Waals surface area contributed by atoms with Gasteiger partial charge >= 0.3 is 0 Å². The number of imidazole rings is 1. The Labute approximate surface area is 208 Å². The number of thioether (sulfide) groups is 1. The molecule has 1 aliphatic rings. The average Bonchev–Trinajstić information content (AvgIpc) is 3.55. The summed E-state index contributed by atoms with van der Waals surface area (Å²) in [5.74, 6) is 1.55. The van der Waals surface area contributed by atoms with Crippen LogP contribution in [0, 0.1) is 0 Å². The van der Waals surface area contributed by atoms with Crippen LogP contribution < -0.4 is 10.1 Å². The number of rotatable bonds is 9. The molecule has 2 aromatic carbocycles. The second-order valence-electron chi connectivity index (χ2n) is 8.53. The lowest BCUT2D eigenvalue weighted by atomic mass is 10.1. The summed E-state index contributed by atoms with van der Waals surface area (Å²) in [6, 6.07) is 17.8. The largest absolute Gasteiger partial charge is 0.497 e. The molecular weight excluding hydrogens is 460 g/mol. The van der Waals surface area contributed by atoms with Crippen molar-refractivity contribution < 1.29 is 14.3 Å². The highest BCUT2D eigenvalue weighted by Crippen LogP contribution is 2.28. The maximum Gasteiger partial charge on any atom is 0.251 e. The van der Waals surface area contributed by atoms with Gasteiger partial charge in [-0.3, -0.25) is 9.78 Å². The number of benzene rings is 2. The molecule has 7 nitrogen and oxygen atoms in total. The molecule has 2 aromatic heterocycles. The Morgan fingerprint density at radius 1 is 1.20 bits per heavy atom. The molecule has 0 saturated carbocycles. The van der Waals surface area contributed by atoms with Crippen molar-refractivity contribution >= 4 is 28.7 Å². The van der Waals surface area contributed by atoms with Crippen LogP contribution in [0.4, 0.5) is 0 Å². The van der Waals surface area contributed by atoms with Crippen LogP contribution in [-0.2, 0) is 17.0 Å². The lowest BCUT2D eigenvalue weighted by Crippen LogP contribution is -2.31. The average molecular weight is 489 g/mol. The lowest BCUT2D eigenvalue weighted by Gasteiger charge is -2.12. The van der Waals surface area contributed by atoms with Crippen molar-refractivity contribution in [2.24, 2.45) is 0 Å². The standard InChI is InChI=1S/C27H28N4O3S/c1-33-22-5-2-4-20(14-22)18-35-27-30-24-11-12-28-16-25(24)31(27)17-19-7-9-21(10-8-19)26(32)29-15-23-6-3-13-34-23/h2,4-5,7-12,14,16,23H,3,6,13,15,17-18H2,1H3,(H,29,32). The molecule has 1 N–H and O–H groups in total. The van der Waals surface area contributed by atoms with E-state index in [9.17, 15) is 4.79 Å². The fraction of sp³-hybridized carbons (Fsp3) is 0.296. The zero-order chi connectivity index (χ0) is 24.0. The molecule has 0 radical (unpaired) electrons. The van der Waals surface area contributed by atoms with Gasteiger partial charge in [-0.15, -0.1) is 0 Å². The van der Waals surface area contributed by atoms with Gasteiger partial charge < -0.3 is 19.4 Å². The molecule has 1 atom stereocenters. The van der Waals surface area contributed by atoms with Crippen molar-refractivity contribution in [2.45, 2.75) is 36.4 Å². The molecule has 1 aliphatic heterocycles. The number of carbonyl (C=O) groups is 1. The van der Waals surface area contributed by atoms with Crippen molar-refractivity contribution in [3.05, 3.63) is 83.7 Å². The molecule has 0 aliphatic carbocycles. The van der Waals surface area contributed by atoms with Crippen molar-refractivity contribution in [1.29, 1.82) is 0 Å². The van der Waals surface area contributed by atoms with Gasteiger partial charge in [-0.2, -0.15) is 0 Å². The highest BCUT2D eigenvalue weighted by molar-refractivity contribution is 7.98. The van der Waals surface area contributed by atoms with E-state index in [0.29, 0.717) is 18.7 Å². The minimum absolute atomic E-state index is 0.0705. The maximum atomic E-state index is 12.5. The van der Waals surface area contributed by atoms with Gasteiger partial charge in [0.2, 0.25) is 0 Å². The summed E-state index contributed by atoms with van der Waals surface area (Å²) in [4.78, 5) is 21.7. The molecule has 1 amide bonds.